The fourth-order valence-corrected chi connectivity index (χ4v) is 2.88. The molecule has 2 amide bonds. The van der Waals surface area contributed by atoms with Crippen molar-refractivity contribution in [2.75, 3.05) is 13.2 Å². The number of rotatable bonds is 6. The van der Waals surface area contributed by atoms with Crippen LogP contribution in [-0.2, 0) is 0 Å². The number of aliphatic hydroxyl groups excluding tert-OH is 1. The molecule has 3 N–H and O–H groups in total. The van der Waals surface area contributed by atoms with Gasteiger partial charge in [0.05, 0.1) is 0 Å². The molecule has 0 atom stereocenters. The van der Waals surface area contributed by atoms with Gasteiger partial charge in [-0.05, 0) is 49.4 Å². The Bertz CT molecular complexity index is 295. The van der Waals surface area contributed by atoms with Crippen molar-refractivity contribution in [2.45, 2.75) is 65.8 Å². The summed E-state index contributed by atoms with van der Waals surface area (Å²) in [6, 6.07) is 0.259. The van der Waals surface area contributed by atoms with Crippen LogP contribution in [0.3, 0.4) is 0 Å². The summed E-state index contributed by atoms with van der Waals surface area (Å²) in [5, 5.41) is 15.0. The van der Waals surface area contributed by atoms with Gasteiger partial charge >= 0.3 is 6.03 Å². The maximum atomic E-state index is 11.9. The van der Waals surface area contributed by atoms with Crippen LogP contribution in [0.15, 0.2) is 0 Å². The third-order valence-corrected chi connectivity index (χ3v) is 4.57. The molecule has 0 bridgehead atoms. The molecule has 1 fully saturated rings. The zero-order valence-corrected chi connectivity index (χ0v) is 13.5. The molecule has 20 heavy (non-hydrogen) atoms. The molecule has 0 aromatic heterocycles. The van der Waals surface area contributed by atoms with E-state index < -0.39 is 0 Å². The minimum absolute atomic E-state index is 0.0542. The fraction of sp³-hybridized carbons (Fsp3) is 0.938. The molecule has 118 valence electrons. The minimum atomic E-state index is -0.0657. The number of aliphatic hydroxyl groups is 1. The van der Waals surface area contributed by atoms with Crippen molar-refractivity contribution in [1.29, 1.82) is 0 Å². The quantitative estimate of drug-likeness (QED) is 0.702. The van der Waals surface area contributed by atoms with Crippen molar-refractivity contribution < 1.29 is 9.90 Å². The Balaban J connectivity index is 2.24. The molecule has 1 aliphatic carbocycles. The summed E-state index contributed by atoms with van der Waals surface area (Å²) >= 11 is 0. The number of amides is 2. The average Bonchev–Trinajstić information content (AvgIpc) is 2.37. The van der Waals surface area contributed by atoms with Crippen LogP contribution in [0, 0.1) is 17.3 Å². The number of carbonyl (C=O) groups excluding carboxylic acids is 1. The summed E-state index contributed by atoms with van der Waals surface area (Å²) in [6.45, 7) is 9.44. The van der Waals surface area contributed by atoms with Crippen molar-refractivity contribution >= 4 is 6.03 Å². The summed E-state index contributed by atoms with van der Waals surface area (Å²) < 4.78 is 0. The Morgan fingerprint density at radius 2 is 1.85 bits per heavy atom. The molecule has 0 aromatic carbocycles. The molecular weight excluding hydrogens is 252 g/mol. The van der Waals surface area contributed by atoms with E-state index in [1.54, 1.807) is 0 Å². The largest absolute Gasteiger partial charge is 0.396 e. The number of hydrogen-bond donors (Lipinski definition) is 3. The molecular formula is C16H32N2O2. The van der Waals surface area contributed by atoms with Crippen molar-refractivity contribution in [3.63, 3.8) is 0 Å². The lowest BCUT2D eigenvalue weighted by Gasteiger charge is -2.31. The maximum Gasteiger partial charge on any atom is 0.315 e. The first-order valence-electron chi connectivity index (χ1n) is 7.99. The van der Waals surface area contributed by atoms with Crippen molar-refractivity contribution in [3.05, 3.63) is 0 Å². The van der Waals surface area contributed by atoms with Gasteiger partial charge in [0.2, 0.25) is 0 Å². The van der Waals surface area contributed by atoms with E-state index in [1.807, 2.05) is 0 Å². The molecule has 4 heteroatoms. The zero-order chi connectivity index (χ0) is 15.2. The monoisotopic (exact) mass is 284 g/mol. The van der Waals surface area contributed by atoms with E-state index in [-0.39, 0.29) is 18.1 Å². The lowest BCUT2D eigenvalue weighted by molar-refractivity contribution is 0.195. The van der Waals surface area contributed by atoms with Crippen LogP contribution in [0.4, 0.5) is 4.79 Å². The molecule has 1 rings (SSSR count). The van der Waals surface area contributed by atoms with Crippen LogP contribution in [0.2, 0.25) is 0 Å². The standard InChI is InChI=1S/C16H32N2O2/c1-12(2)13-5-7-14(8-6-13)18-15(20)17-11-16(3,4)9-10-19/h12-14,19H,5-11H2,1-4H3,(H2,17,18,20). The second-order valence-electron chi connectivity index (χ2n) is 7.32. The van der Waals surface area contributed by atoms with Crippen molar-refractivity contribution in [2.24, 2.45) is 17.3 Å². The maximum absolute atomic E-state index is 11.9. The highest BCUT2D eigenvalue weighted by Crippen LogP contribution is 2.29. The average molecular weight is 284 g/mol. The molecule has 0 radical (unpaired) electrons. The normalized spacial score (nSPS) is 23.7. The van der Waals surface area contributed by atoms with E-state index in [0.29, 0.717) is 19.0 Å². The van der Waals surface area contributed by atoms with E-state index in [0.717, 1.165) is 24.7 Å². The van der Waals surface area contributed by atoms with Gasteiger partial charge in [-0.3, -0.25) is 0 Å². The first kappa shape index (κ1) is 17.3. The molecule has 0 aliphatic heterocycles. The van der Waals surface area contributed by atoms with Gasteiger partial charge in [0.15, 0.2) is 0 Å². The van der Waals surface area contributed by atoms with E-state index in [9.17, 15) is 4.79 Å². The molecule has 4 nitrogen and oxygen atoms in total. The molecule has 1 aliphatic rings. The first-order valence-corrected chi connectivity index (χ1v) is 7.99. The van der Waals surface area contributed by atoms with E-state index in [4.69, 9.17) is 5.11 Å². The molecule has 0 saturated heterocycles. The van der Waals surface area contributed by atoms with Gasteiger partial charge in [0, 0.05) is 19.2 Å². The van der Waals surface area contributed by atoms with Gasteiger partial charge < -0.3 is 15.7 Å². The van der Waals surface area contributed by atoms with Gasteiger partial charge in [-0.1, -0.05) is 27.7 Å². The SMILES string of the molecule is CC(C)C1CCC(NC(=O)NCC(C)(C)CCO)CC1. The molecule has 0 spiro atoms. The number of carbonyl (C=O) groups is 1. The Kier molecular flexibility index (Phi) is 6.80. The minimum Gasteiger partial charge on any atom is -0.396 e. The van der Waals surface area contributed by atoms with Crippen LogP contribution >= 0.6 is 0 Å². The second-order valence-corrected chi connectivity index (χ2v) is 7.32. The summed E-state index contributed by atoms with van der Waals surface area (Å²) in [5.74, 6) is 1.57. The van der Waals surface area contributed by atoms with Crippen molar-refractivity contribution in [1.82, 2.24) is 10.6 Å². The van der Waals surface area contributed by atoms with Gasteiger partial charge in [0.25, 0.3) is 0 Å². The Labute approximate surface area is 123 Å². The summed E-state index contributed by atoms with van der Waals surface area (Å²) in [5.41, 5.74) is -0.0542. The predicted molar refractivity (Wildman–Crippen MR) is 82.6 cm³/mol. The molecule has 0 heterocycles. The molecule has 1 saturated carbocycles. The van der Waals surface area contributed by atoms with Gasteiger partial charge in [-0.2, -0.15) is 0 Å². The third kappa shape index (κ3) is 6.12. The Morgan fingerprint density at radius 1 is 1.25 bits per heavy atom. The topological polar surface area (TPSA) is 61.4 Å². The van der Waals surface area contributed by atoms with Gasteiger partial charge in [-0.25, -0.2) is 4.79 Å². The fourth-order valence-electron chi connectivity index (χ4n) is 2.88. The van der Waals surface area contributed by atoms with Crippen LogP contribution in [0.25, 0.3) is 0 Å². The van der Waals surface area contributed by atoms with Crippen LogP contribution in [0.5, 0.6) is 0 Å². The van der Waals surface area contributed by atoms with Crippen LogP contribution in [0.1, 0.15) is 59.8 Å². The van der Waals surface area contributed by atoms with Gasteiger partial charge in [0.1, 0.15) is 0 Å². The van der Waals surface area contributed by atoms with Crippen LogP contribution in [-0.4, -0.2) is 30.3 Å². The molecule has 0 aromatic rings. The smallest absolute Gasteiger partial charge is 0.315 e. The lowest BCUT2D eigenvalue weighted by Crippen LogP contribution is -2.46. The van der Waals surface area contributed by atoms with Crippen LogP contribution < -0.4 is 10.6 Å². The number of nitrogens with one attached hydrogen (secondary N) is 2. The highest BCUT2D eigenvalue weighted by molar-refractivity contribution is 5.74. The second kappa shape index (κ2) is 7.87. The molecule has 0 unspecified atom stereocenters. The van der Waals surface area contributed by atoms with Gasteiger partial charge in [-0.15, -0.1) is 0 Å². The van der Waals surface area contributed by atoms with Crippen molar-refractivity contribution in [3.8, 4) is 0 Å². The van der Waals surface area contributed by atoms with E-state index in [1.165, 1.54) is 12.8 Å². The number of hydrogen-bond acceptors (Lipinski definition) is 2. The van der Waals surface area contributed by atoms with E-state index >= 15 is 0 Å². The van der Waals surface area contributed by atoms with E-state index in [2.05, 4.69) is 38.3 Å². The number of urea groups is 1. The lowest BCUT2D eigenvalue weighted by atomic mass is 9.80. The first-order chi connectivity index (χ1) is 9.34. The zero-order valence-electron chi connectivity index (χ0n) is 13.5. The summed E-state index contributed by atoms with van der Waals surface area (Å²) in [7, 11) is 0. The third-order valence-electron chi connectivity index (χ3n) is 4.57. The summed E-state index contributed by atoms with van der Waals surface area (Å²) in [6.07, 6.45) is 5.33. The summed E-state index contributed by atoms with van der Waals surface area (Å²) in [4.78, 5) is 11.9. The Hall–Kier alpha value is -0.770. The predicted octanol–water partition coefficient (Wildman–Crippen LogP) is 2.91. The Morgan fingerprint density at radius 3 is 2.35 bits per heavy atom. The highest BCUT2D eigenvalue weighted by Gasteiger charge is 2.24. The highest BCUT2D eigenvalue weighted by atomic mass is 16.3.